The van der Waals surface area contributed by atoms with Crippen molar-refractivity contribution in [2.45, 2.75) is 66.1 Å². The molecule has 3 aromatic rings. The molecule has 2 N–H and O–H groups in total. The molecule has 3 aromatic carbocycles. The quantitative estimate of drug-likeness (QED) is 0.303. The number of halogens is 1. The van der Waals surface area contributed by atoms with E-state index in [1.54, 1.807) is 18.2 Å². The van der Waals surface area contributed by atoms with Gasteiger partial charge < -0.3 is 19.7 Å². The highest BCUT2D eigenvalue weighted by Crippen LogP contribution is 2.40. The van der Waals surface area contributed by atoms with Crippen LogP contribution in [0.2, 0.25) is 0 Å². The van der Waals surface area contributed by atoms with E-state index in [0.29, 0.717) is 34.6 Å². The molecule has 1 atom stereocenters. The number of hydrogen-bond acceptors (Lipinski definition) is 4. The molecule has 0 spiro atoms. The van der Waals surface area contributed by atoms with Crippen LogP contribution >= 0.6 is 0 Å². The first-order valence-corrected chi connectivity index (χ1v) is 13.1. The van der Waals surface area contributed by atoms with Gasteiger partial charge in [-0.1, -0.05) is 64.8 Å². The standard InChI is InChI=1S/C28H31FO5.C4H8/c1-28(2,3)27(32)24-15-19(8-11-22(24)23-16-20(33-4)10-12-25(23)29)17-34-21-7-5-6-18(14-21)9-13-26(30)31;1-4-2-3-4/h5-8,10-12,14-16,27,32H,9,13,17H2,1-4H3,(H,30,31);4H,2-3H2,1H3. The highest BCUT2D eigenvalue weighted by molar-refractivity contribution is 5.70. The minimum Gasteiger partial charge on any atom is -0.497 e. The van der Waals surface area contributed by atoms with E-state index in [1.807, 2.05) is 57.2 Å². The van der Waals surface area contributed by atoms with Crippen LogP contribution in [-0.2, 0) is 17.8 Å². The second-order valence-electron chi connectivity index (χ2n) is 11.0. The van der Waals surface area contributed by atoms with Crippen LogP contribution in [0.5, 0.6) is 11.5 Å². The van der Waals surface area contributed by atoms with Crippen molar-refractivity contribution in [3.63, 3.8) is 0 Å². The summed E-state index contributed by atoms with van der Waals surface area (Å²) in [6.07, 6.45) is 2.61. The van der Waals surface area contributed by atoms with Crippen molar-refractivity contribution in [2.24, 2.45) is 11.3 Å². The van der Waals surface area contributed by atoms with E-state index in [4.69, 9.17) is 14.6 Å². The fraction of sp³-hybridized carbons (Fsp3) is 0.406. The van der Waals surface area contributed by atoms with E-state index in [2.05, 4.69) is 6.92 Å². The summed E-state index contributed by atoms with van der Waals surface area (Å²) < 4.78 is 26.0. The zero-order valence-corrected chi connectivity index (χ0v) is 23.0. The number of aliphatic hydroxyl groups is 1. The van der Waals surface area contributed by atoms with Gasteiger partial charge in [-0.25, -0.2) is 4.39 Å². The van der Waals surface area contributed by atoms with Crippen molar-refractivity contribution in [3.05, 3.63) is 83.2 Å². The van der Waals surface area contributed by atoms with E-state index < -0.39 is 23.3 Å². The molecule has 4 rings (SSSR count). The van der Waals surface area contributed by atoms with E-state index in [-0.39, 0.29) is 13.0 Å². The summed E-state index contributed by atoms with van der Waals surface area (Å²) in [5.74, 6) is 1.00. The average molecular weight is 523 g/mol. The highest BCUT2D eigenvalue weighted by Gasteiger charge is 2.27. The van der Waals surface area contributed by atoms with Crippen molar-refractivity contribution >= 4 is 5.97 Å². The van der Waals surface area contributed by atoms with Crippen LogP contribution in [0.1, 0.15) is 69.8 Å². The van der Waals surface area contributed by atoms with Gasteiger partial charge in [-0.05, 0) is 76.4 Å². The Balaban J connectivity index is 0.000000912. The van der Waals surface area contributed by atoms with E-state index >= 15 is 0 Å². The molecule has 0 saturated heterocycles. The lowest BCUT2D eigenvalue weighted by molar-refractivity contribution is -0.136. The third-order valence-electron chi connectivity index (χ3n) is 6.49. The summed E-state index contributed by atoms with van der Waals surface area (Å²) >= 11 is 0. The lowest BCUT2D eigenvalue weighted by Crippen LogP contribution is -2.19. The van der Waals surface area contributed by atoms with Gasteiger partial charge in [0, 0.05) is 12.0 Å². The monoisotopic (exact) mass is 522 g/mol. The lowest BCUT2D eigenvalue weighted by Gasteiger charge is -2.28. The first kappa shape index (κ1) is 29.2. The van der Waals surface area contributed by atoms with Gasteiger partial charge >= 0.3 is 5.97 Å². The molecule has 1 aliphatic rings. The number of hydrogen-bond donors (Lipinski definition) is 2. The number of carbonyl (C=O) groups is 1. The molecule has 0 aromatic heterocycles. The number of rotatable bonds is 9. The molecule has 6 heteroatoms. The maximum Gasteiger partial charge on any atom is 0.303 e. The summed E-state index contributed by atoms with van der Waals surface area (Å²) in [5, 5.41) is 20.0. The number of aliphatic carboxylic acids is 1. The zero-order valence-electron chi connectivity index (χ0n) is 23.0. The number of aliphatic hydroxyl groups excluding tert-OH is 1. The number of methoxy groups -OCH3 is 1. The summed E-state index contributed by atoms with van der Waals surface area (Å²) in [6, 6.07) is 17.4. The molecule has 1 saturated carbocycles. The van der Waals surface area contributed by atoms with Gasteiger partial charge in [-0.3, -0.25) is 4.79 Å². The molecule has 38 heavy (non-hydrogen) atoms. The second-order valence-corrected chi connectivity index (χ2v) is 11.0. The van der Waals surface area contributed by atoms with Gasteiger partial charge in [0.15, 0.2) is 0 Å². The van der Waals surface area contributed by atoms with Crippen LogP contribution in [0.15, 0.2) is 60.7 Å². The van der Waals surface area contributed by atoms with E-state index in [0.717, 1.165) is 17.0 Å². The topological polar surface area (TPSA) is 76.0 Å². The third kappa shape index (κ3) is 8.59. The molecule has 204 valence electrons. The summed E-state index contributed by atoms with van der Waals surface area (Å²) in [5.41, 5.74) is 2.79. The van der Waals surface area contributed by atoms with E-state index in [1.165, 1.54) is 26.0 Å². The summed E-state index contributed by atoms with van der Waals surface area (Å²) in [6.45, 7) is 8.30. The Labute approximate surface area is 225 Å². The van der Waals surface area contributed by atoms with Gasteiger partial charge in [-0.15, -0.1) is 0 Å². The summed E-state index contributed by atoms with van der Waals surface area (Å²) in [7, 11) is 1.53. The van der Waals surface area contributed by atoms with Gasteiger partial charge in [0.2, 0.25) is 0 Å². The zero-order chi connectivity index (χ0) is 27.9. The molecule has 0 heterocycles. The van der Waals surface area contributed by atoms with Gasteiger partial charge in [-0.2, -0.15) is 0 Å². The summed E-state index contributed by atoms with van der Waals surface area (Å²) in [4.78, 5) is 10.8. The largest absolute Gasteiger partial charge is 0.497 e. The number of carboxylic acids is 1. The minimum atomic E-state index is -0.844. The van der Waals surface area contributed by atoms with Crippen LogP contribution in [-0.4, -0.2) is 23.3 Å². The molecule has 1 unspecified atom stereocenters. The van der Waals surface area contributed by atoms with Gasteiger partial charge in [0.25, 0.3) is 0 Å². The third-order valence-corrected chi connectivity index (χ3v) is 6.49. The molecule has 0 amide bonds. The first-order valence-electron chi connectivity index (χ1n) is 13.1. The predicted molar refractivity (Wildman–Crippen MR) is 148 cm³/mol. The van der Waals surface area contributed by atoms with Crippen LogP contribution in [0.25, 0.3) is 11.1 Å². The molecule has 1 aliphatic carbocycles. The number of aryl methyl sites for hydroxylation is 1. The van der Waals surface area contributed by atoms with Crippen LogP contribution in [0.4, 0.5) is 4.39 Å². The number of ether oxygens (including phenoxy) is 2. The molecular formula is C32H39FO5. The Hall–Kier alpha value is -3.38. The lowest BCUT2D eigenvalue weighted by atomic mass is 9.81. The van der Waals surface area contributed by atoms with Crippen molar-refractivity contribution in [1.82, 2.24) is 0 Å². The maximum atomic E-state index is 14.8. The smallest absolute Gasteiger partial charge is 0.303 e. The Morgan fingerprint density at radius 3 is 2.32 bits per heavy atom. The highest BCUT2D eigenvalue weighted by atomic mass is 19.1. The second kappa shape index (κ2) is 12.9. The fourth-order valence-electron chi connectivity index (χ4n) is 3.85. The van der Waals surface area contributed by atoms with Crippen LogP contribution in [0.3, 0.4) is 0 Å². The fourth-order valence-corrected chi connectivity index (χ4v) is 3.85. The Morgan fingerprint density at radius 1 is 1.00 bits per heavy atom. The van der Waals surface area contributed by atoms with Crippen molar-refractivity contribution < 1.29 is 28.9 Å². The predicted octanol–water partition coefficient (Wildman–Crippen LogP) is 7.59. The normalized spacial score (nSPS) is 13.8. The molecule has 1 fully saturated rings. The van der Waals surface area contributed by atoms with Crippen molar-refractivity contribution in [3.8, 4) is 22.6 Å². The maximum absolute atomic E-state index is 14.8. The first-order chi connectivity index (χ1) is 18.0. The SMILES string of the molecule is CC1CC1.COc1ccc(F)c(-c2ccc(COc3cccc(CCC(=O)O)c3)cc2C(O)C(C)(C)C)c1. The molecule has 5 nitrogen and oxygen atoms in total. The average Bonchev–Trinajstić information content (AvgIpc) is 3.68. The number of benzene rings is 3. The Kier molecular flexibility index (Phi) is 9.92. The Bertz CT molecular complexity index is 1230. The van der Waals surface area contributed by atoms with Crippen LogP contribution < -0.4 is 9.47 Å². The molecular weight excluding hydrogens is 483 g/mol. The van der Waals surface area contributed by atoms with Crippen molar-refractivity contribution in [1.29, 1.82) is 0 Å². The molecule has 0 bridgehead atoms. The molecule has 0 radical (unpaired) electrons. The van der Waals surface area contributed by atoms with Gasteiger partial charge in [0.05, 0.1) is 13.2 Å². The number of carboxylic acid groups (broad SMARTS) is 1. The van der Waals surface area contributed by atoms with Crippen molar-refractivity contribution in [2.75, 3.05) is 7.11 Å². The van der Waals surface area contributed by atoms with Crippen LogP contribution in [0, 0.1) is 17.2 Å². The van der Waals surface area contributed by atoms with E-state index in [9.17, 15) is 14.3 Å². The van der Waals surface area contributed by atoms with Gasteiger partial charge in [0.1, 0.15) is 23.9 Å². The minimum absolute atomic E-state index is 0.0554. The Morgan fingerprint density at radius 2 is 1.71 bits per heavy atom. The molecule has 0 aliphatic heterocycles.